The van der Waals surface area contributed by atoms with Crippen molar-refractivity contribution in [2.75, 3.05) is 40.8 Å². The number of guanidine groups is 1. The third-order valence-corrected chi connectivity index (χ3v) is 5.96. The summed E-state index contributed by atoms with van der Waals surface area (Å²) in [5, 5.41) is 0. The average Bonchev–Trinajstić information content (AvgIpc) is 3.22. The van der Waals surface area contributed by atoms with Crippen LogP contribution < -0.4 is 0 Å². The standard InChI is InChI=1S/C22H30N6O2/c1-16-15-28-18-19(23-21(28)26(16)13-8-12-24(2)3)25(4)22(30)27(20(18)29)14-11-17-9-6-5-7-10-17/h5-7,9-10,15,18-19H,8,11-14H2,1-4H3. The molecule has 1 saturated heterocycles. The molecule has 0 aromatic heterocycles. The fraction of sp³-hybridized carbons (Fsp3) is 0.500. The van der Waals surface area contributed by atoms with E-state index in [2.05, 4.69) is 23.9 Å². The minimum Gasteiger partial charge on any atom is -0.315 e. The van der Waals surface area contributed by atoms with E-state index in [9.17, 15) is 9.59 Å². The van der Waals surface area contributed by atoms with Crippen molar-refractivity contribution in [1.29, 1.82) is 0 Å². The number of fused-ring (bicyclic) bond motifs is 3. The first kappa shape index (κ1) is 20.4. The molecule has 1 aromatic carbocycles. The van der Waals surface area contributed by atoms with Gasteiger partial charge >= 0.3 is 6.03 Å². The summed E-state index contributed by atoms with van der Waals surface area (Å²) < 4.78 is 0. The van der Waals surface area contributed by atoms with Gasteiger partial charge in [0.1, 0.15) is 0 Å². The lowest BCUT2D eigenvalue weighted by Crippen LogP contribution is -2.64. The Bertz CT molecular complexity index is 881. The Morgan fingerprint density at radius 3 is 2.50 bits per heavy atom. The molecule has 2 unspecified atom stereocenters. The number of amides is 3. The van der Waals surface area contributed by atoms with Gasteiger partial charge in [-0.05, 0) is 46.0 Å². The maximum absolute atomic E-state index is 13.4. The van der Waals surface area contributed by atoms with Crippen molar-refractivity contribution in [1.82, 2.24) is 24.5 Å². The van der Waals surface area contributed by atoms with Gasteiger partial charge < -0.3 is 19.6 Å². The summed E-state index contributed by atoms with van der Waals surface area (Å²) in [6.45, 7) is 4.22. The number of hydrogen-bond acceptors (Lipinski definition) is 6. The summed E-state index contributed by atoms with van der Waals surface area (Å²) in [5.74, 6) is 0.608. The van der Waals surface area contributed by atoms with E-state index in [0.29, 0.717) is 13.0 Å². The molecular weight excluding hydrogens is 380 g/mol. The molecule has 0 aliphatic carbocycles. The van der Waals surface area contributed by atoms with E-state index in [1.54, 1.807) is 11.9 Å². The molecule has 3 aliphatic heterocycles. The van der Waals surface area contributed by atoms with Gasteiger partial charge in [-0.3, -0.25) is 9.69 Å². The topological polar surface area (TPSA) is 62.7 Å². The Morgan fingerprint density at radius 2 is 1.80 bits per heavy atom. The number of rotatable bonds is 7. The van der Waals surface area contributed by atoms with Gasteiger partial charge in [0.15, 0.2) is 12.2 Å². The van der Waals surface area contributed by atoms with Crippen LogP contribution in [0, 0.1) is 0 Å². The lowest BCUT2D eigenvalue weighted by atomic mass is 10.1. The molecule has 4 rings (SSSR count). The number of imide groups is 1. The molecule has 3 amide bonds. The highest BCUT2D eigenvalue weighted by molar-refractivity contribution is 6.04. The third-order valence-electron chi connectivity index (χ3n) is 5.96. The number of allylic oxidation sites excluding steroid dienone is 1. The second kappa shape index (κ2) is 8.10. The van der Waals surface area contributed by atoms with E-state index in [-0.39, 0.29) is 11.9 Å². The van der Waals surface area contributed by atoms with Crippen molar-refractivity contribution in [3.63, 3.8) is 0 Å². The van der Waals surface area contributed by atoms with E-state index in [1.807, 2.05) is 48.4 Å². The van der Waals surface area contributed by atoms with Crippen LogP contribution in [0.5, 0.6) is 0 Å². The van der Waals surface area contributed by atoms with E-state index in [1.165, 1.54) is 4.90 Å². The largest absolute Gasteiger partial charge is 0.328 e. The highest BCUT2D eigenvalue weighted by Gasteiger charge is 2.53. The minimum absolute atomic E-state index is 0.169. The number of urea groups is 1. The van der Waals surface area contributed by atoms with E-state index >= 15 is 0 Å². The lowest BCUT2D eigenvalue weighted by molar-refractivity contribution is -0.136. The minimum atomic E-state index is -0.493. The second-order valence-electron chi connectivity index (χ2n) is 8.39. The van der Waals surface area contributed by atoms with Crippen molar-refractivity contribution in [3.05, 3.63) is 47.8 Å². The molecule has 0 spiro atoms. The molecule has 3 aliphatic rings. The smallest absolute Gasteiger partial charge is 0.315 e. The van der Waals surface area contributed by atoms with Crippen LogP contribution in [0.2, 0.25) is 0 Å². The van der Waals surface area contributed by atoms with Crippen molar-refractivity contribution >= 4 is 17.9 Å². The Labute approximate surface area is 178 Å². The van der Waals surface area contributed by atoms with Crippen LogP contribution >= 0.6 is 0 Å². The van der Waals surface area contributed by atoms with Crippen molar-refractivity contribution in [2.24, 2.45) is 4.99 Å². The van der Waals surface area contributed by atoms with Crippen LogP contribution in [0.15, 0.2) is 47.2 Å². The first-order valence-corrected chi connectivity index (χ1v) is 10.5. The maximum Gasteiger partial charge on any atom is 0.328 e. The Balaban J connectivity index is 1.50. The summed E-state index contributed by atoms with van der Waals surface area (Å²) in [6.07, 6.45) is 3.15. The van der Waals surface area contributed by atoms with Gasteiger partial charge in [-0.1, -0.05) is 30.3 Å². The maximum atomic E-state index is 13.4. The van der Waals surface area contributed by atoms with Crippen LogP contribution in [-0.2, 0) is 11.2 Å². The zero-order valence-electron chi connectivity index (χ0n) is 18.2. The fourth-order valence-electron chi connectivity index (χ4n) is 4.31. The van der Waals surface area contributed by atoms with Crippen LogP contribution in [-0.4, -0.2) is 95.4 Å². The Kier molecular flexibility index (Phi) is 5.51. The Morgan fingerprint density at radius 1 is 1.07 bits per heavy atom. The number of carbonyl (C=O) groups excluding carboxylic acids is 2. The highest BCUT2D eigenvalue weighted by Crippen LogP contribution is 2.34. The van der Waals surface area contributed by atoms with Gasteiger partial charge in [-0.15, -0.1) is 0 Å². The molecule has 0 radical (unpaired) electrons. The summed E-state index contributed by atoms with van der Waals surface area (Å²) in [7, 11) is 5.86. The molecule has 1 aromatic rings. The third kappa shape index (κ3) is 3.56. The number of likely N-dealkylation sites (N-methyl/N-ethyl adjacent to an activating group) is 1. The molecule has 8 nitrogen and oxygen atoms in total. The molecule has 1 fully saturated rings. The molecule has 8 heteroatoms. The van der Waals surface area contributed by atoms with Gasteiger partial charge in [0, 0.05) is 32.0 Å². The van der Waals surface area contributed by atoms with Crippen molar-refractivity contribution in [3.8, 4) is 0 Å². The van der Waals surface area contributed by atoms with Crippen LogP contribution in [0.3, 0.4) is 0 Å². The zero-order chi connectivity index (χ0) is 21.4. The predicted molar refractivity (Wildman–Crippen MR) is 116 cm³/mol. The Hall–Kier alpha value is -2.87. The SMILES string of the molecule is CC1=CN2C(=NC3C2C(=O)N(CCc2ccccc2)C(=O)N3C)N1CCCN(C)C. The second-order valence-corrected chi connectivity index (χ2v) is 8.39. The van der Waals surface area contributed by atoms with E-state index in [0.717, 1.165) is 36.7 Å². The summed E-state index contributed by atoms with van der Waals surface area (Å²) in [6, 6.07) is 9.16. The average molecular weight is 411 g/mol. The molecule has 30 heavy (non-hydrogen) atoms. The summed E-state index contributed by atoms with van der Waals surface area (Å²) in [4.78, 5) is 40.3. The summed E-state index contributed by atoms with van der Waals surface area (Å²) in [5.41, 5.74) is 2.18. The van der Waals surface area contributed by atoms with Gasteiger partial charge in [-0.25, -0.2) is 9.79 Å². The molecule has 0 bridgehead atoms. The van der Waals surface area contributed by atoms with Crippen LogP contribution in [0.4, 0.5) is 4.79 Å². The number of nitrogens with zero attached hydrogens (tertiary/aromatic N) is 6. The number of carbonyl (C=O) groups is 2. The van der Waals surface area contributed by atoms with Crippen molar-refractivity contribution in [2.45, 2.75) is 32.0 Å². The van der Waals surface area contributed by atoms with Crippen molar-refractivity contribution < 1.29 is 9.59 Å². The fourth-order valence-corrected chi connectivity index (χ4v) is 4.31. The highest BCUT2D eigenvalue weighted by atomic mass is 16.2. The number of hydrogen-bond donors (Lipinski definition) is 0. The predicted octanol–water partition coefficient (Wildman–Crippen LogP) is 1.62. The lowest BCUT2D eigenvalue weighted by Gasteiger charge is -2.40. The zero-order valence-corrected chi connectivity index (χ0v) is 18.2. The quantitative estimate of drug-likeness (QED) is 0.684. The number of aliphatic imine (C=N–C) groups is 1. The molecular formula is C22H30N6O2. The van der Waals surface area contributed by atoms with Crippen LogP contribution in [0.1, 0.15) is 18.9 Å². The number of benzene rings is 1. The van der Waals surface area contributed by atoms with Gasteiger partial charge in [0.2, 0.25) is 5.96 Å². The molecule has 2 atom stereocenters. The molecule has 3 heterocycles. The van der Waals surface area contributed by atoms with E-state index in [4.69, 9.17) is 4.99 Å². The van der Waals surface area contributed by atoms with Crippen LogP contribution in [0.25, 0.3) is 0 Å². The first-order valence-electron chi connectivity index (χ1n) is 10.5. The summed E-state index contributed by atoms with van der Waals surface area (Å²) >= 11 is 0. The molecule has 160 valence electrons. The monoisotopic (exact) mass is 410 g/mol. The molecule has 0 N–H and O–H groups in total. The first-order chi connectivity index (χ1) is 14.4. The normalized spacial score (nSPS) is 23.2. The van der Waals surface area contributed by atoms with E-state index < -0.39 is 12.2 Å². The van der Waals surface area contributed by atoms with Gasteiger partial charge in [0.25, 0.3) is 5.91 Å². The van der Waals surface area contributed by atoms with Gasteiger partial charge in [-0.2, -0.15) is 0 Å². The van der Waals surface area contributed by atoms with Gasteiger partial charge in [0.05, 0.1) is 0 Å². The molecule has 0 saturated carbocycles.